The van der Waals surface area contributed by atoms with E-state index in [0.29, 0.717) is 5.75 Å². The summed E-state index contributed by atoms with van der Waals surface area (Å²) >= 11 is 1.01. The molecule has 2 aromatic carbocycles. The Balaban J connectivity index is 2.01. The number of fused-ring (bicyclic) bond motifs is 1. The Morgan fingerprint density at radius 3 is 2.57 bits per heavy atom. The van der Waals surface area contributed by atoms with E-state index in [-0.39, 0.29) is 17.5 Å². The van der Waals surface area contributed by atoms with Crippen molar-refractivity contribution in [2.75, 3.05) is 12.4 Å². The maximum absolute atomic E-state index is 11.1. The van der Waals surface area contributed by atoms with Crippen molar-refractivity contribution in [1.29, 1.82) is 0 Å². The van der Waals surface area contributed by atoms with E-state index in [0.717, 1.165) is 22.5 Å². The van der Waals surface area contributed by atoms with Gasteiger partial charge in [0.2, 0.25) is 0 Å². The van der Waals surface area contributed by atoms with E-state index in [1.807, 2.05) is 42.5 Å². The van der Waals surface area contributed by atoms with Crippen LogP contribution in [0.3, 0.4) is 0 Å². The number of benzene rings is 2. The number of thioether (sulfide) groups is 1. The number of carbonyl (C=O) groups is 2. The molecule has 0 saturated heterocycles. The molecule has 0 aliphatic rings. The van der Waals surface area contributed by atoms with Gasteiger partial charge in [0.15, 0.2) is 5.12 Å². The van der Waals surface area contributed by atoms with Crippen molar-refractivity contribution < 1.29 is 19.4 Å². The second kappa shape index (κ2) is 7.13. The van der Waals surface area contributed by atoms with Gasteiger partial charge in [-0.25, -0.2) is 0 Å². The first-order valence-corrected chi connectivity index (χ1v) is 7.52. The lowest BCUT2D eigenvalue weighted by Crippen LogP contribution is -2.24. The lowest BCUT2D eigenvalue weighted by atomic mass is 10.1. The van der Waals surface area contributed by atoms with E-state index in [1.54, 1.807) is 0 Å². The zero-order valence-electron chi connectivity index (χ0n) is 11.6. The van der Waals surface area contributed by atoms with Gasteiger partial charge in [-0.3, -0.25) is 9.59 Å². The first kappa shape index (κ1) is 15.4. The summed E-state index contributed by atoms with van der Waals surface area (Å²) in [5.41, 5.74) is 0. The quantitative estimate of drug-likeness (QED) is 0.888. The molecule has 21 heavy (non-hydrogen) atoms. The monoisotopic (exact) mass is 304 g/mol. The summed E-state index contributed by atoms with van der Waals surface area (Å²) in [6.45, 7) is 1.47. The van der Waals surface area contributed by atoms with Crippen molar-refractivity contribution in [1.82, 2.24) is 0 Å². The maximum atomic E-state index is 11.1. The lowest BCUT2D eigenvalue weighted by molar-refractivity contribution is -0.141. The Labute approximate surface area is 127 Å². The van der Waals surface area contributed by atoms with Crippen LogP contribution in [0.5, 0.6) is 5.75 Å². The molecular weight excluding hydrogens is 288 g/mol. The highest BCUT2D eigenvalue weighted by molar-refractivity contribution is 8.13. The fraction of sp³-hybridized carbons (Fsp3) is 0.250. The Morgan fingerprint density at radius 2 is 1.90 bits per heavy atom. The number of hydrogen-bond acceptors (Lipinski definition) is 4. The van der Waals surface area contributed by atoms with Crippen LogP contribution in [-0.4, -0.2) is 28.6 Å². The smallest absolute Gasteiger partial charge is 0.310 e. The number of rotatable bonds is 6. The van der Waals surface area contributed by atoms with Crippen LogP contribution in [0.15, 0.2) is 42.5 Å². The molecule has 110 valence electrons. The molecule has 2 rings (SSSR count). The van der Waals surface area contributed by atoms with Crippen molar-refractivity contribution >= 4 is 33.6 Å². The number of carboxylic acid groups (broad SMARTS) is 1. The minimum absolute atomic E-state index is 0.0496. The molecular formula is C16H16O4S. The zero-order chi connectivity index (χ0) is 15.2. The number of aliphatic carboxylic acids is 1. The molecule has 0 amide bonds. The summed E-state index contributed by atoms with van der Waals surface area (Å²) < 4.78 is 5.56. The van der Waals surface area contributed by atoms with Crippen LogP contribution in [0, 0.1) is 5.92 Å². The highest BCUT2D eigenvalue weighted by Crippen LogP contribution is 2.21. The molecule has 2 aromatic rings. The van der Waals surface area contributed by atoms with Crippen molar-refractivity contribution in [2.24, 2.45) is 5.92 Å². The van der Waals surface area contributed by atoms with Gasteiger partial charge in [-0.05, 0) is 22.9 Å². The normalized spacial score (nSPS) is 12.0. The first-order valence-electron chi connectivity index (χ1n) is 6.54. The lowest BCUT2D eigenvalue weighted by Gasteiger charge is -2.13. The molecule has 1 unspecified atom stereocenters. The summed E-state index contributed by atoms with van der Waals surface area (Å²) in [6.07, 6.45) is 0. The first-order chi connectivity index (χ1) is 10.1. The third kappa shape index (κ3) is 4.49. The number of carboxylic acids is 1. The summed E-state index contributed by atoms with van der Waals surface area (Å²) in [4.78, 5) is 22.1. The second-order valence-corrected chi connectivity index (χ2v) is 5.85. The predicted octanol–water partition coefficient (Wildman–Crippen LogP) is 3.20. The highest BCUT2D eigenvalue weighted by atomic mass is 32.2. The van der Waals surface area contributed by atoms with Gasteiger partial charge < -0.3 is 9.84 Å². The van der Waals surface area contributed by atoms with E-state index in [9.17, 15) is 9.59 Å². The molecule has 1 atom stereocenters. The van der Waals surface area contributed by atoms with E-state index < -0.39 is 11.9 Å². The molecule has 0 saturated carbocycles. The van der Waals surface area contributed by atoms with Gasteiger partial charge in [-0.1, -0.05) is 42.1 Å². The van der Waals surface area contributed by atoms with Gasteiger partial charge in [0, 0.05) is 12.7 Å². The average Bonchev–Trinajstić information content (AvgIpc) is 2.46. The molecule has 0 aliphatic carbocycles. The van der Waals surface area contributed by atoms with Crippen LogP contribution in [0.2, 0.25) is 0 Å². The molecule has 0 spiro atoms. The molecule has 0 radical (unpaired) electrons. The molecule has 0 heterocycles. The number of ether oxygens (including phenoxy) is 1. The summed E-state index contributed by atoms with van der Waals surface area (Å²) in [5, 5.41) is 11.2. The van der Waals surface area contributed by atoms with Gasteiger partial charge in [-0.2, -0.15) is 0 Å². The van der Waals surface area contributed by atoms with Crippen LogP contribution >= 0.6 is 11.8 Å². The Bertz CT molecular complexity index is 654. The summed E-state index contributed by atoms with van der Waals surface area (Å²) in [5.74, 6) is -0.805. The summed E-state index contributed by atoms with van der Waals surface area (Å²) in [6, 6.07) is 13.5. The van der Waals surface area contributed by atoms with Crippen molar-refractivity contribution in [3.63, 3.8) is 0 Å². The van der Waals surface area contributed by atoms with Gasteiger partial charge >= 0.3 is 5.97 Å². The second-order valence-electron chi connectivity index (χ2n) is 4.66. The molecule has 0 aliphatic heterocycles. The zero-order valence-corrected chi connectivity index (χ0v) is 12.4. The van der Waals surface area contributed by atoms with Gasteiger partial charge in [0.05, 0.1) is 0 Å². The SMILES string of the molecule is CC(=O)SCC(COc1ccc2ccccc2c1)C(=O)O. The van der Waals surface area contributed by atoms with Crippen LogP contribution in [0.25, 0.3) is 10.8 Å². The van der Waals surface area contributed by atoms with E-state index in [2.05, 4.69) is 0 Å². The standard InChI is InChI=1S/C16H16O4S/c1-11(17)21-10-14(16(18)19)9-20-15-7-6-12-4-2-3-5-13(12)8-15/h2-8,14H,9-10H2,1H3,(H,18,19). The van der Waals surface area contributed by atoms with Gasteiger partial charge in [0.25, 0.3) is 0 Å². The molecule has 0 aromatic heterocycles. The molecule has 0 bridgehead atoms. The predicted molar refractivity (Wildman–Crippen MR) is 83.7 cm³/mol. The minimum Gasteiger partial charge on any atom is -0.493 e. The van der Waals surface area contributed by atoms with Crippen LogP contribution < -0.4 is 4.74 Å². The summed E-state index contributed by atoms with van der Waals surface area (Å²) in [7, 11) is 0. The fourth-order valence-corrected chi connectivity index (χ4v) is 2.54. The van der Waals surface area contributed by atoms with Gasteiger partial charge in [-0.15, -0.1) is 0 Å². The third-order valence-corrected chi connectivity index (χ3v) is 3.98. The number of carbonyl (C=O) groups excluding carboxylic acids is 1. The average molecular weight is 304 g/mol. The largest absolute Gasteiger partial charge is 0.493 e. The Morgan fingerprint density at radius 1 is 1.19 bits per heavy atom. The highest BCUT2D eigenvalue weighted by Gasteiger charge is 2.19. The molecule has 4 nitrogen and oxygen atoms in total. The van der Waals surface area contributed by atoms with Crippen LogP contribution in [-0.2, 0) is 9.59 Å². The van der Waals surface area contributed by atoms with Crippen LogP contribution in [0.1, 0.15) is 6.92 Å². The van der Waals surface area contributed by atoms with E-state index in [4.69, 9.17) is 9.84 Å². The third-order valence-electron chi connectivity index (χ3n) is 3.01. The van der Waals surface area contributed by atoms with Crippen molar-refractivity contribution in [3.8, 4) is 5.75 Å². The Kier molecular flexibility index (Phi) is 5.22. The topological polar surface area (TPSA) is 63.6 Å². The molecule has 0 fully saturated rings. The molecule has 1 N–H and O–H groups in total. The molecule has 5 heteroatoms. The maximum Gasteiger partial charge on any atom is 0.310 e. The van der Waals surface area contributed by atoms with E-state index >= 15 is 0 Å². The van der Waals surface area contributed by atoms with Crippen molar-refractivity contribution in [2.45, 2.75) is 6.92 Å². The minimum atomic E-state index is -0.954. The fourth-order valence-electron chi connectivity index (χ4n) is 1.86. The van der Waals surface area contributed by atoms with Gasteiger partial charge in [0.1, 0.15) is 18.3 Å². The van der Waals surface area contributed by atoms with Crippen molar-refractivity contribution in [3.05, 3.63) is 42.5 Å². The number of hydrogen-bond donors (Lipinski definition) is 1. The Hall–Kier alpha value is -2.01. The van der Waals surface area contributed by atoms with E-state index in [1.165, 1.54) is 6.92 Å². The van der Waals surface area contributed by atoms with Crippen LogP contribution in [0.4, 0.5) is 0 Å².